The van der Waals surface area contributed by atoms with Gasteiger partial charge in [-0.15, -0.1) is 0 Å². The molecule has 0 aliphatic carbocycles. The van der Waals surface area contributed by atoms with Gasteiger partial charge in [-0.25, -0.2) is 4.79 Å². The topological polar surface area (TPSA) is 68.8 Å². The number of anilines is 2. The zero-order valence-electron chi connectivity index (χ0n) is 35.0. The molecule has 5 aromatic carbocycles. The molecule has 10 heteroatoms. The van der Waals surface area contributed by atoms with Crippen LogP contribution in [0.1, 0.15) is 103 Å². The van der Waals surface area contributed by atoms with Crippen molar-refractivity contribution in [3.05, 3.63) is 162 Å². The number of hydrogen-bond donors (Lipinski definition) is 2. The van der Waals surface area contributed by atoms with E-state index in [1.54, 1.807) is 14.2 Å². The molecule has 2 N–H and O–H groups in total. The summed E-state index contributed by atoms with van der Waals surface area (Å²) in [6.07, 6.45) is 9.66. The van der Waals surface area contributed by atoms with Crippen LogP contribution in [0.25, 0.3) is 11.1 Å². The molecule has 0 radical (unpaired) electrons. The summed E-state index contributed by atoms with van der Waals surface area (Å²) < 4.78 is 17.9. The van der Waals surface area contributed by atoms with E-state index in [0.29, 0.717) is 17.1 Å². The van der Waals surface area contributed by atoms with Crippen molar-refractivity contribution >= 4 is 74.9 Å². The molecule has 1 heterocycles. The maximum atomic E-state index is 14.5. The Morgan fingerprint density at radius 3 is 1.45 bits per heavy atom. The van der Waals surface area contributed by atoms with Crippen molar-refractivity contribution in [3.8, 4) is 11.5 Å². The summed E-state index contributed by atoms with van der Waals surface area (Å²) >= 11 is 27.8. The minimum absolute atomic E-state index is 0.0204. The summed E-state index contributed by atoms with van der Waals surface area (Å²) in [4.78, 5) is 14.5. The van der Waals surface area contributed by atoms with Crippen molar-refractivity contribution in [3.63, 3.8) is 0 Å². The van der Waals surface area contributed by atoms with Gasteiger partial charge in [0.2, 0.25) is 0 Å². The number of carbonyl (C=O) groups is 1. The van der Waals surface area contributed by atoms with Crippen LogP contribution in [0, 0.1) is 0 Å². The first-order chi connectivity index (χ1) is 29.0. The van der Waals surface area contributed by atoms with Crippen molar-refractivity contribution in [1.29, 1.82) is 0 Å². The van der Waals surface area contributed by atoms with Gasteiger partial charge in [0.25, 0.3) is 0 Å². The second-order valence-electron chi connectivity index (χ2n) is 14.8. The van der Waals surface area contributed by atoms with Crippen LogP contribution in [0.15, 0.2) is 97.1 Å². The summed E-state index contributed by atoms with van der Waals surface area (Å²) in [7, 11) is 3.28. The Morgan fingerprint density at radius 2 is 1.05 bits per heavy atom. The number of esters is 1. The lowest BCUT2D eigenvalue weighted by atomic mass is 9.82. The lowest BCUT2D eigenvalue weighted by Gasteiger charge is -2.28. The zero-order valence-corrected chi connectivity index (χ0v) is 38.1. The number of rotatable bonds is 18. The van der Waals surface area contributed by atoms with Gasteiger partial charge in [0.1, 0.15) is 11.5 Å². The van der Waals surface area contributed by atoms with Crippen molar-refractivity contribution in [2.45, 2.75) is 71.8 Å². The third-order valence-electron chi connectivity index (χ3n) is 10.9. The van der Waals surface area contributed by atoms with E-state index in [-0.39, 0.29) is 25.7 Å². The standard InChI is InChI=1S/C50H52Cl4N2O4/c1-7-11-25-55-41-27-31(9-3)13-23-37(41)39(33-15-19-35(58-5)20-16-33)29-50(44-43(49(57)60-50)45(51)47(53)48(54)46(44)52)30-40(34-17-21-36(59-6)22-18-34)38-24-14-32(10-4)28-42(38)56-26-12-8-2/h13-24,27-30,55-56H,7-12,25-26H2,1-6H3. The van der Waals surface area contributed by atoms with E-state index in [0.717, 1.165) is 96.4 Å². The molecule has 6 rings (SSSR count). The molecule has 0 bridgehead atoms. The van der Waals surface area contributed by atoms with E-state index in [1.165, 1.54) is 11.1 Å². The van der Waals surface area contributed by atoms with Gasteiger partial charge in [0, 0.05) is 41.2 Å². The second-order valence-corrected chi connectivity index (χ2v) is 16.3. The molecule has 0 spiro atoms. The Hall–Kier alpha value is -4.59. The molecular weight excluding hydrogens is 834 g/mol. The normalized spacial score (nSPS) is 15.1. The van der Waals surface area contributed by atoms with E-state index in [4.69, 9.17) is 60.6 Å². The third-order valence-corrected chi connectivity index (χ3v) is 12.7. The highest BCUT2D eigenvalue weighted by molar-refractivity contribution is 6.53. The third kappa shape index (κ3) is 9.48. The molecule has 1 aliphatic heterocycles. The molecule has 0 unspecified atom stereocenters. The summed E-state index contributed by atoms with van der Waals surface area (Å²) in [6.45, 7) is 10.2. The Labute approximate surface area is 374 Å². The molecule has 0 aromatic heterocycles. The van der Waals surface area contributed by atoms with Gasteiger partial charge in [-0.3, -0.25) is 0 Å². The fourth-order valence-corrected chi connectivity index (χ4v) is 8.56. The van der Waals surface area contributed by atoms with Gasteiger partial charge >= 0.3 is 5.97 Å². The number of ether oxygens (including phenoxy) is 3. The van der Waals surface area contributed by atoms with Crippen LogP contribution in [0.2, 0.25) is 20.1 Å². The minimum Gasteiger partial charge on any atom is -0.497 e. The number of cyclic esters (lactones) is 1. The Kier molecular flexibility index (Phi) is 15.2. The monoisotopic (exact) mass is 884 g/mol. The largest absolute Gasteiger partial charge is 0.497 e. The van der Waals surface area contributed by atoms with Crippen molar-refractivity contribution in [2.75, 3.05) is 37.9 Å². The fourth-order valence-electron chi connectivity index (χ4n) is 7.48. The van der Waals surface area contributed by atoms with Gasteiger partial charge in [-0.1, -0.05) is 135 Å². The number of fused-ring (bicyclic) bond motifs is 1. The lowest BCUT2D eigenvalue weighted by molar-refractivity contribution is 0.0300. The lowest BCUT2D eigenvalue weighted by Crippen LogP contribution is -2.23. The summed E-state index contributed by atoms with van der Waals surface area (Å²) in [5.74, 6) is 0.714. The number of unbranched alkanes of at least 4 members (excludes halogenated alkanes) is 2. The quantitative estimate of drug-likeness (QED) is 0.0395. The first-order valence-electron chi connectivity index (χ1n) is 20.6. The van der Waals surface area contributed by atoms with Crippen LogP contribution >= 0.6 is 46.4 Å². The average molecular weight is 887 g/mol. The second kappa shape index (κ2) is 20.3. The minimum atomic E-state index is -1.68. The molecule has 60 heavy (non-hydrogen) atoms. The molecular formula is C50H52Cl4N2O4. The van der Waals surface area contributed by atoms with E-state index in [2.05, 4.69) is 74.7 Å². The van der Waals surface area contributed by atoms with Gasteiger partial charge in [-0.05, 0) is 108 Å². The van der Waals surface area contributed by atoms with Crippen LogP contribution in [-0.4, -0.2) is 33.3 Å². The molecule has 0 fully saturated rings. The van der Waals surface area contributed by atoms with Crippen LogP contribution in [0.3, 0.4) is 0 Å². The summed E-state index contributed by atoms with van der Waals surface area (Å²) in [5, 5.41) is 7.46. The SMILES string of the molecule is CCCCNc1cc(CC)ccc1C(=CC1(C=C(c2ccc(OC)cc2)c2ccc(CC)cc2NCCCC)OC(=O)c2c(Cl)c(Cl)c(Cl)c(Cl)c21)c1ccc(OC)cc1. The molecule has 314 valence electrons. The van der Waals surface area contributed by atoms with Crippen molar-refractivity contribution in [1.82, 2.24) is 0 Å². The first-order valence-corrected chi connectivity index (χ1v) is 22.1. The Balaban J connectivity index is 1.79. The van der Waals surface area contributed by atoms with Gasteiger partial charge in [0.05, 0.1) is 39.9 Å². The van der Waals surface area contributed by atoms with Crippen LogP contribution in [0.5, 0.6) is 11.5 Å². The molecule has 0 saturated carbocycles. The van der Waals surface area contributed by atoms with E-state index >= 15 is 0 Å². The number of carbonyl (C=O) groups excluding carboxylic acids is 1. The summed E-state index contributed by atoms with van der Waals surface area (Å²) in [6, 6.07) is 28.5. The van der Waals surface area contributed by atoms with Crippen LogP contribution in [-0.2, 0) is 23.2 Å². The smallest absolute Gasteiger partial charge is 0.341 e. The molecule has 1 aliphatic rings. The highest BCUT2D eigenvalue weighted by Crippen LogP contribution is 2.54. The number of benzene rings is 5. The molecule has 5 aromatic rings. The molecule has 6 nitrogen and oxygen atoms in total. The Morgan fingerprint density at radius 1 is 0.617 bits per heavy atom. The predicted octanol–water partition coefficient (Wildman–Crippen LogP) is 14.5. The maximum absolute atomic E-state index is 14.5. The van der Waals surface area contributed by atoms with Crippen LogP contribution < -0.4 is 20.1 Å². The maximum Gasteiger partial charge on any atom is 0.341 e. The average Bonchev–Trinajstić information content (AvgIpc) is 3.57. The van der Waals surface area contributed by atoms with Crippen LogP contribution in [0.4, 0.5) is 11.4 Å². The van der Waals surface area contributed by atoms with Crippen molar-refractivity contribution < 1.29 is 19.0 Å². The van der Waals surface area contributed by atoms with Gasteiger partial charge in [0.15, 0.2) is 5.60 Å². The molecule has 0 saturated heterocycles. The molecule has 0 atom stereocenters. The number of halogens is 4. The Bertz CT molecular complexity index is 2270. The highest BCUT2D eigenvalue weighted by atomic mass is 35.5. The van der Waals surface area contributed by atoms with E-state index < -0.39 is 11.6 Å². The van der Waals surface area contributed by atoms with E-state index in [1.807, 2.05) is 60.7 Å². The predicted molar refractivity (Wildman–Crippen MR) is 252 cm³/mol. The highest BCUT2D eigenvalue weighted by Gasteiger charge is 2.48. The molecule has 0 amide bonds. The van der Waals surface area contributed by atoms with Crippen molar-refractivity contribution in [2.24, 2.45) is 0 Å². The number of aryl methyl sites for hydroxylation is 2. The zero-order chi connectivity index (χ0) is 43.0. The fraction of sp³-hybridized carbons (Fsp3) is 0.300. The van der Waals surface area contributed by atoms with E-state index in [9.17, 15) is 4.79 Å². The number of nitrogens with one attached hydrogen (secondary N) is 2. The van der Waals surface area contributed by atoms with Gasteiger partial charge in [-0.2, -0.15) is 0 Å². The number of methoxy groups -OCH3 is 2. The number of hydrogen-bond acceptors (Lipinski definition) is 6. The first kappa shape index (κ1) is 44.9. The van der Waals surface area contributed by atoms with Gasteiger partial charge < -0.3 is 24.8 Å². The summed E-state index contributed by atoms with van der Waals surface area (Å²) in [5.41, 5.74) is 7.93.